The lowest BCUT2D eigenvalue weighted by molar-refractivity contribution is -0.440. The molecule has 0 rings (SSSR count). The summed E-state index contributed by atoms with van der Waals surface area (Å²) in [6.45, 7) is -0.532. The molecule has 0 aromatic carbocycles. The number of unbranched alkanes of at least 4 members (excludes halogenated alkanes) is 1. The summed E-state index contributed by atoms with van der Waals surface area (Å²) < 4.78 is 166. The Kier molecular flexibility index (Phi) is 7.51. The van der Waals surface area contributed by atoms with E-state index in [2.05, 4.69) is 0 Å². The Labute approximate surface area is 142 Å². The third-order valence-electron chi connectivity index (χ3n) is 3.44. The minimum atomic E-state index is -7.94. The van der Waals surface area contributed by atoms with E-state index in [0.29, 0.717) is 0 Å². The molecule has 27 heavy (non-hydrogen) atoms. The van der Waals surface area contributed by atoms with Gasteiger partial charge in [0.05, 0.1) is 6.10 Å². The molecule has 15 heteroatoms. The summed E-state index contributed by atoms with van der Waals surface area (Å²) in [5.74, 6) is -37.2. The van der Waals surface area contributed by atoms with E-state index in [1.807, 2.05) is 0 Å². The van der Waals surface area contributed by atoms with Gasteiger partial charge in [-0.25, -0.2) is 0 Å². The van der Waals surface area contributed by atoms with Gasteiger partial charge in [0.15, 0.2) is 0 Å². The summed E-state index contributed by atoms with van der Waals surface area (Å²) in [6.07, 6.45) is -13.8. The average Bonchev–Trinajstić information content (AvgIpc) is 2.44. The fourth-order valence-electron chi connectivity index (χ4n) is 1.82. The first-order valence-corrected chi connectivity index (χ1v) is 6.95. The number of aliphatic hydroxyl groups excluding tert-OH is 2. The summed E-state index contributed by atoms with van der Waals surface area (Å²) in [6, 6.07) is 0. The van der Waals surface area contributed by atoms with Crippen LogP contribution in [0.4, 0.5) is 57.1 Å². The molecule has 0 aromatic rings. The molecule has 1 atom stereocenters. The van der Waals surface area contributed by atoms with Crippen LogP contribution in [-0.4, -0.2) is 58.7 Å². The number of rotatable bonds is 10. The topological polar surface area (TPSA) is 40.5 Å². The standard InChI is InChI=1S/C12H13F13O2/c13-7(14,5-6(27)3-1-2-4-26)8(15,16)9(17,18)10(19,20)11(21,22)12(23,24)25/h6,26-27H,1-5H2. The Bertz CT molecular complexity index is 486. The molecule has 0 aliphatic rings. The average molecular weight is 436 g/mol. The largest absolute Gasteiger partial charge is 0.460 e. The van der Waals surface area contributed by atoms with Crippen LogP contribution in [0, 0.1) is 0 Å². The van der Waals surface area contributed by atoms with Crippen molar-refractivity contribution in [3.63, 3.8) is 0 Å². The van der Waals surface area contributed by atoms with Gasteiger partial charge in [-0.1, -0.05) is 0 Å². The summed E-state index contributed by atoms with van der Waals surface area (Å²) in [5.41, 5.74) is 0. The molecule has 164 valence electrons. The van der Waals surface area contributed by atoms with Crippen LogP contribution >= 0.6 is 0 Å². The molecule has 0 spiro atoms. The molecule has 0 saturated carbocycles. The van der Waals surface area contributed by atoms with Gasteiger partial charge in [0.2, 0.25) is 0 Å². The third-order valence-corrected chi connectivity index (χ3v) is 3.44. The zero-order valence-corrected chi connectivity index (χ0v) is 12.9. The highest BCUT2D eigenvalue weighted by Crippen LogP contribution is 2.60. The summed E-state index contributed by atoms with van der Waals surface area (Å²) in [4.78, 5) is 0. The lowest BCUT2D eigenvalue weighted by atomic mass is 9.90. The molecule has 0 bridgehead atoms. The van der Waals surface area contributed by atoms with Crippen LogP contribution in [0.25, 0.3) is 0 Å². The van der Waals surface area contributed by atoms with E-state index in [-0.39, 0.29) is 12.8 Å². The van der Waals surface area contributed by atoms with Crippen molar-refractivity contribution >= 4 is 0 Å². The molecule has 2 N–H and O–H groups in total. The highest BCUT2D eigenvalue weighted by atomic mass is 19.4. The second kappa shape index (κ2) is 7.79. The van der Waals surface area contributed by atoms with Crippen molar-refractivity contribution in [1.82, 2.24) is 0 Å². The zero-order valence-electron chi connectivity index (χ0n) is 12.9. The van der Waals surface area contributed by atoms with Crippen LogP contribution in [0.15, 0.2) is 0 Å². The first-order valence-electron chi connectivity index (χ1n) is 6.95. The number of hydrogen-bond donors (Lipinski definition) is 2. The Hall–Kier alpha value is -0.990. The monoisotopic (exact) mass is 436 g/mol. The molecule has 0 aromatic heterocycles. The van der Waals surface area contributed by atoms with Crippen molar-refractivity contribution < 1.29 is 67.3 Å². The van der Waals surface area contributed by atoms with Crippen LogP contribution in [0.3, 0.4) is 0 Å². The van der Waals surface area contributed by atoms with E-state index in [9.17, 15) is 57.1 Å². The molecule has 0 heterocycles. The minimum Gasteiger partial charge on any atom is -0.396 e. The molecule has 2 nitrogen and oxygen atoms in total. The van der Waals surface area contributed by atoms with Crippen LogP contribution in [0.1, 0.15) is 25.7 Å². The predicted molar refractivity (Wildman–Crippen MR) is 62.4 cm³/mol. The van der Waals surface area contributed by atoms with Gasteiger partial charge < -0.3 is 10.2 Å². The highest BCUT2D eigenvalue weighted by molar-refractivity contribution is 5.10. The molecule has 0 saturated heterocycles. The van der Waals surface area contributed by atoms with Gasteiger partial charge in [0, 0.05) is 13.0 Å². The smallest absolute Gasteiger partial charge is 0.396 e. The zero-order chi connectivity index (χ0) is 22.1. The maximum absolute atomic E-state index is 13.4. The van der Waals surface area contributed by atoms with Crippen LogP contribution in [0.5, 0.6) is 0 Å². The summed E-state index contributed by atoms with van der Waals surface area (Å²) >= 11 is 0. The van der Waals surface area contributed by atoms with Gasteiger partial charge in [-0.05, 0) is 19.3 Å². The van der Waals surface area contributed by atoms with Crippen molar-refractivity contribution in [3.8, 4) is 0 Å². The lowest BCUT2D eigenvalue weighted by Gasteiger charge is -2.40. The highest BCUT2D eigenvalue weighted by Gasteiger charge is 2.90. The first kappa shape index (κ1) is 26.0. The Morgan fingerprint density at radius 3 is 1.37 bits per heavy atom. The van der Waals surface area contributed by atoms with Crippen molar-refractivity contribution in [2.45, 2.75) is 67.6 Å². The molecular formula is C12H13F13O2. The second-order valence-corrected chi connectivity index (χ2v) is 5.58. The molecule has 0 aliphatic heterocycles. The maximum Gasteiger partial charge on any atom is 0.460 e. The number of hydrogen-bond acceptors (Lipinski definition) is 2. The molecule has 0 fully saturated rings. The van der Waals surface area contributed by atoms with Gasteiger partial charge in [-0.15, -0.1) is 0 Å². The Morgan fingerprint density at radius 2 is 1.00 bits per heavy atom. The van der Waals surface area contributed by atoms with Crippen LogP contribution in [0.2, 0.25) is 0 Å². The van der Waals surface area contributed by atoms with E-state index in [0.717, 1.165) is 0 Å². The predicted octanol–water partition coefficient (Wildman–Crippen LogP) is 4.64. The number of aliphatic hydroxyl groups is 2. The van der Waals surface area contributed by atoms with E-state index in [1.54, 1.807) is 0 Å². The van der Waals surface area contributed by atoms with Crippen molar-refractivity contribution in [2.24, 2.45) is 0 Å². The van der Waals surface area contributed by atoms with E-state index < -0.39 is 61.3 Å². The third kappa shape index (κ3) is 4.54. The number of halogens is 13. The van der Waals surface area contributed by atoms with Crippen molar-refractivity contribution in [2.75, 3.05) is 6.61 Å². The minimum absolute atomic E-state index is 0.148. The number of alkyl halides is 13. The maximum atomic E-state index is 13.4. The second-order valence-electron chi connectivity index (χ2n) is 5.58. The van der Waals surface area contributed by atoms with Crippen molar-refractivity contribution in [3.05, 3.63) is 0 Å². The quantitative estimate of drug-likeness (QED) is 0.387. The molecule has 0 radical (unpaired) electrons. The fraction of sp³-hybridized carbons (Fsp3) is 1.00. The van der Waals surface area contributed by atoms with Gasteiger partial charge >= 0.3 is 35.8 Å². The van der Waals surface area contributed by atoms with Gasteiger partial charge in [-0.3, -0.25) is 0 Å². The molecular weight excluding hydrogens is 423 g/mol. The molecule has 1 unspecified atom stereocenters. The molecule has 0 aliphatic carbocycles. The van der Waals surface area contributed by atoms with Gasteiger partial charge in [-0.2, -0.15) is 57.1 Å². The summed E-state index contributed by atoms with van der Waals surface area (Å²) in [7, 11) is 0. The lowest BCUT2D eigenvalue weighted by Crippen LogP contribution is -2.70. The summed E-state index contributed by atoms with van der Waals surface area (Å²) in [5, 5.41) is 17.5. The Morgan fingerprint density at radius 1 is 0.593 bits per heavy atom. The van der Waals surface area contributed by atoms with Crippen LogP contribution in [-0.2, 0) is 0 Å². The van der Waals surface area contributed by atoms with E-state index >= 15 is 0 Å². The van der Waals surface area contributed by atoms with Gasteiger partial charge in [0.1, 0.15) is 0 Å². The first-order chi connectivity index (χ1) is 11.7. The van der Waals surface area contributed by atoms with E-state index in [1.165, 1.54) is 0 Å². The van der Waals surface area contributed by atoms with Gasteiger partial charge in [0.25, 0.3) is 0 Å². The SMILES string of the molecule is OCCCCC(O)CC(F)(F)C(F)(F)C(F)(F)C(F)(F)C(F)(F)C(F)(F)F. The fourth-order valence-corrected chi connectivity index (χ4v) is 1.82. The Balaban J connectivity index is 5.80. The van der Waals surface area contributed by atoms with E-state index in [4.69, 9.17) is 10.2 Å². The normalized spacial score (nSPS) is 16.6. The van der Waals surface area contributed by atoms with Crippen molar-refractivity contribution in [1.29, 1.82) is 0 Å². The molecule has 0 amide bonds. The van der Waals surface area contributed by atoms with Crippen LogP contribution < -0.4 is 0 Å².